The first-order valence-electron chi connectivity index (χ1n) is 6.02. The molecule has 0 aliphatic rings. The van der Waals surface area contributed by atoms with Gasteiger partial charge in [0, 0.05) is 17.0 Å². The van der Waals surface area contributed by atoms with E-state index in [4.69, 9.17) is 5.73 Å². The molecule has 1 atom stereocenters. The molecule has 2 N–H and O–H groups in total. The van der Waals surface area contributed by atoms with Crippen molar-refractivity contribution in [3.05, 3.63) is 65.0 Å². The molecule has 2 nitrogen and oxygen atoms in total. The van der Waals surface area contributed by atoms with E-state index in [0.717, 1.165) is 16.0 Å². The highest BCUT2D eigenvalue weighted by atomic mass is 32.2. The molecule has 0 aromatic heterocycles. The van der Waals surface area contributed by atoms with Gasteiger partial charge in [-0.25, -0.2) is 4.39 Å². The molecule has 0 bridgehead atoms. The lowest BCUT2D eigenvalue weighted by Gasteiger charge is -2.06. The quantitative estimate of drug-likeness (QED) is 0.933. The molecule has 4 heteroatoms. The molecule has 0 amide bonds. The summed E-state index contributed by atoms with van der Waals surface area (Å²) in [6.07, 6.45) is 0. The summed E-state index contributed by atoms with van der Waals surface area (Å²) in [4.78, 5) is 0.790. The van der Waals surface area contributed by atoms with Gasteiger partial charge in [0.05, 0.1) is 16.6 Å². The Morgan fingerprint density at radius 1 is 1.21 bits per heavy atom. The predicted molar refractivity (Wildman–Crippen MR) is 75.6 cm³/mol. The van der Waals surface area contributed by atoms with Crippen LogP contribution in [-0.2, 0) is 23.1 Å². The number of hydrogen-bond donors (Lipinski definition) is 1. The van der Waals surface area contributed by atoms with Crippen LogP contribution in [-0.4, -0.2) is 4.21 Å². The van der Waals surface area contributed by atoms with Crippen LogP contribution >= 0.6 is 0 Å². The van der Waals surface area contributed by atoms with Gasteiger partial charge < -0.3 is 5.73 Å². The molecule has 2 aromatic rings. The van der Waals surface area contributed by atoms with Crippen molar-refractivity contribution in [2.45, 2.75) is 24.1 Å². The van der Waals surface area contributed by atoms with Gasteiger partial charge in [0.25, 0.3) is 0 Å². The fourth-order valence-electron chi connectivity index (χ4n) is 1.87. The van der Waals surface area contributed by atoms with E-state index >= 15 is 0 Å². The molecule has 0 fully saturated rings. The Balaban J connectivity index is 2.19. The maximum Gasteiger partial charge on any atom is 0.127 e. The van der Waals surface area contributed by atoms with E-state index in [1.165, 1.54) is 6.07 Å². The second-order valence-electron chi connectivity index (χ2n) is 4.44. The van der Waals surface area contributed by atoms with Crippen LogP contribution in [0.4, 0.5) is 4.39 Å². The average molecular weight is 277 g/mol. The average Bonchev–Trinajstić information content (AvgIpc) is 2.41. The molecular formula is C15H16FNOS. The molecule has 0 heterocycles. The first-order chi connectivity index (χ1) is 9.10. The second-order valence-corrected chi connectivity index (χ2v) is 5.89. The fourth-order valence-corrected chi connectivity index (χ4v) is 3.06. The molecule has 0 spiro atoms. The van der Waals surface area contributed by atoms with Gasteiger partial charge in [0.15, 0.2) is 0 Å². The van der Waals surface area contributed by atoms with Crippen LogP contribution < -0.4 is 5.73 Å². The van der Waals surface area contributed by atoms with Crippen molar-refractivity contribution in [2.24, 2.45) is 5.73 Å². The zero-order valence-corrected chi connectivity index (χ0v) is 11.5. The molecule has 2 aromatic carbocycles. The summed E-state index contributed by atoms with van der Waals surface area (Å²) in [7, 11) is -1.12. The minimum atomic E-state index is -1.12. The van der Waals surface area contributed by atoms with Crippen LogP contribution in [0.3, 0.4) is 0 Å². The number of aryl methyl sites for hydroxylation is 1. The van der Waals surface area contributed by atoms with Gasteiger partial charge in [0.2, 0.25) is 0 Å². The van der Waals surface area contributed by atoms with E-state index in [0.29, 0.717) is 11.3 Å². The Morgan fingerprint density at radius 2 is 2.00 bits per heavy atom. The van der Waals surface area contributed by atoms with E-state index in [-0.39, 0.29) is 12.4 Å². The highest BCUT2D eigenvalue weighted by Gasteiger charge is 2.08. The summed E-state index contributed by atoms with van der Waals surface area (Å²) in [6, 6.07) is 12.3. The van der Waals surface area contributed by atoms with Crippen molar-refractivity contribution in [1.29, 1.82) is 0 Å². The van der Waals surface area contributed by atoms with Gasteiger partial charge in [-0.05, 0) is 36.2 Å². The van der Waals surface area contributed by atoms with Crippen LogP contribution in [0.15, 0.2) is 47.4 Å². The van der Waals surface area contributed by atoms with Crippen molar-refractivity contribution < 1.29 is 8.60 Å². The Hall–Kier alpha value is -1.52. The minimum Gasteiger partial charge on any atom is -0.326 e. The van der Waals surface area contributed by atoms with Crippen molar-refractivity contribution in [1.82, 2.24) is 0 Å². The summed E-state index contributed by atoms with van der Waals surface area (Å²) in [5.41, 5.74) is 7.83. The summed E-state index contributed by atoms with van der Waals surface area (Å²) in [5.74, 6) is 0.0593. The molecule has 2 rings (SSSR count). The van der Waals surface area contributed by atoms with Crippen LogP contribution in [0.2, 0.25) is 0 Å². The molecule has 19 heavy (non-hydrogen) atoms. The Kier molecular flexibility index (Phi) is 4.45. The topological polar surface area (TPSA) is 43.1 Å². The third-order valence-corrected chi connectivity index (χ3v) is 4.26. The van der Waals surface area contributed by atoms with Crippen LogP contribution in [0.1, 0.15) is 16.7 Å². The molecule has 0 saturated heterocycles. The Bertz CT molecular complexity index is 613. The standard InChI is InChI=1S/C15H16FNOS/c1-11-3-2-4-14(7-11)19(18)10-12-5-6-15(16)13(8-12)9-17/h2-8H,9-10,17H2,1H3. The molecule has 100 valence electrons. The zero-order chi connectivity index (χ0) is 13.8. The molecule has 0 aliphatic heterocycles. The van der Waals surface area contributed by atoms with Gasteiger partial charge in [0.1, 0.15) is 5.82 Å². The Morgan fingerprint density at radius 3 is 2.68 bits per heavy atom. The zero-order valence-electron chi connectivity index (χ0n) is 10.7. The summed E-state index contributed by atoms with van der Waals surface area (Å²) in [6.45, 7) is 2.11. The van der Waals surface area contributed by atoms with Gasteiger partial charge >= 0.3 is 0 Å². The normalized spacial score (nSPS) is 12.4. The highest BCUT2D eigenvalue weighted by Crippen LogP contribution is 2.16. The molecule has 0 radical (unpaired) electrons. The number of benzene rings is 2. The van der Waals surface area contributed by atoms with Gasteiger partial charge in [-0.3, -0.25) is 4.21 Å². The molecule has 0 aliphatic carbocycles. The van der Waals surface area contributed by atoms with Crippen LogP contribution in [0, 0.1) is 12.7 Å². The van der Waals surface area contributed by atoms with E-state index in [1.807, 2.05) is 31.2 Å². The largest absolute Gasteiger partial charge is 0.326 e. The number of halogens is 1. The first-order valence-corrected chi connectivity index (χ1v) is 7.34. The third-order valence-electron chi connectivity index (χ3n) is 2.88. The maximum absolute atomic E-state index is 13.3. The van der Waals surface area contributed by atoms with Crippen LogP contribution in [0.25, 0.3) is 0 Å². The lowest BCUT2D eigenvalue weighted by molar-refractivity contribution is 0.610. The Labute approximate surface area is 114 Å². The summed E-state index contributed by atoms with van der Waals surface area (Å²) >= 11 is 0. The highest BCUT2D eigenvalue weighted by molar-refractivity contribution is 7.84. The fraction of sp³-hybridized carbons (Fsp3) is 0.200. The van der Waals surface area contributed by atoms with Crippen LogP contribution in [0.5, 0.6) is 0 Å². The van der Waals surface area contributed by atoms with Gasteiger partial charge in [-0.2, -0.15) is 0 Å². The van der Waals surface area contributed by atoms with E-state index in [1.54, 1.807) is 12.1 Å². The van der Waals surface area contributed by atoms with Gasteiger partial charge in [-0.1, -0.05) is 24.3 Å². The van der Waals surface area contributed by atoms with Crippen molar-refractivity contribution >= 4 is 10.8 Å². The minimum absolute atomic E-state index is 0.150. The summed E-state index contributed by atoms with van der Waals surface area (Å²) in [5, 5.41) is 0. The second kappa shape index (κ2) is 6.08. The van der Waals surface area contributed by atoms with Crippen molar-refractivity contribution in [2.75, 3.05) is 0 Å². The first kappa shape index (κ1) is 13.9. The number of nitrogens with two attached hydrogens (primary N) is 1. The lowest BCUT2D eigenvalue weighted by atomic mass is 10.1. The molecular weight excluding hydrogens is 261 g/mol. The SMILES string of the molecule is Cc1cccc(S(=O)Cc2ccc(F)c(CN)c2)c1. The van der Waals surface area contributed by atoms with E-state index < -0.39 is 10.8 Å². The van der Waals surface area contributed by atoms with E-state index in [9.17, 15) is 8.60 Å². The van der Waals surface area contributed by atoms with Crippen molar-refractivity contribution in [3.8, 4) is 0 Å². The van der Waals surface area contributed by atoms with E-state index in [2.05, 4.69) is 0 Å². The van der Waals surface area contributed by atoms with Gasteiger partial charge in [-0.15, -0.1) is 0 Å². The number of rotatable bonds is 4. The smallest absolute Gasteiger partial charge is 0.127 e. The molecule has 1 unspecified atom stereocenters. The van der Waals surface area contributed by atoms with Crippen molar-refractivity contribution in [3.63, 3.8) is 0 Å². The molecule has 0 saturated carbocycles. The number of hydrogen-bond acceptors (Lipinski definition) is 2. The maximum atomic E-state index is 13.3. The third kappa shape index (κ3) is 3.49. The predicted octanol–water partition coefficient (Wildman–Crippen LogP) is 2.90. The monoisotopic (exact) mass is 277 g/mol. The lowest BCUT2D eigenvalue weighted by Crippen LogP contribution is -2.03. The summed E-state index contributed by atoms with van der Waals surface area (Å²) < 4.78 is 25.6.